The number of esters is 1. The number of rotatable bonds is 5. The van der Waals surface area contributed by atoms with E-state index in [9.17, 15) is 24.6 Å². The number of methoxy groups -OCH3 is 1. The van der Waals surface area contributed by atoms with Gasteiger partial charge in [-0.25, -0.2) is 0 Å². The van der Waals surface area contributed by atoms with Crippen molar-refractivity contribution in [1.29, 1.82) is 0 Å². The molecule has 3 aliphatic heterocycles. The summed E-state index contributed by atoms with van der Waals surface area (Å²) in [5.74, 6) is -2.17. The van der Waals surface area contributed by atoms with Crippen LogP contribution in [-0.4, -0.2) is 59.0 Å². The fourth-order valence-electron chi connectivity index (χ4n) is 5.99. The molecule has 0 radical (unpaired) electrons. The summed E-state index contributed by atoms with van der Waals surface area (Å²) in [6.45, 7) is 5.68. The number of imide groups is 1. The summed E-state index contributed by atoms with van der Waals surface area (Å²) in [4.78, 5) is 36.6. The lowest BCUT2D eigenvalue weighted by Gasteiger charge is -2.48. The zero-order chi connectivity index (χ0) is 25.8. The number of hydrogen-bond acceptors (Lipinski definition) is 7. The van der Waals surface area contributed by atoms with Gasteiger partial charge in [-0.3, -0.25) is 19.7 Å². The molecular formula is C27H41NO7. The molecule has 4 rings (SSSR count). The minimum absolute atomic E-state index is 0.0411. The Morgan fingerprint density at radius 3 is 2.54 bits per heavy atom. The molecule has 0 saturated carbocycles. The molecule has 0 spiro atoms. The van der Waals surface area contributed by atoms with Gasteiger partial charge in [-0.05, 0) is 50.5 Å². The highest BCUT2D eigenvalue weighted by atomic mass is 16.6. The first-order valence-electron chi connectivity index (χ1n) is 12.9. The number of ether oxygens (including phenoxy) is 2. The van der Waals surface area contributed by atoms with Gasteiger partial charge < -0.3 is 19.7 Å². The number of amides is 2. The summed E-state index contributed by atoms with van der Waals surface area (Å²) < 4.78 is 11.4. The predicted octanol–water partition coefficient (Wildman–Crippen LogP) is 2.82. The van der Waals surface area contributed by atoms with E-state index in [4.69, 9.17) is 9.47 Å². The molecule has 3 heterocycles. The molecule has 2 saturated heterocycles. The average Bonchev–Trinajstić information content (AvgIpc) is 2.79. The second-order valence-corrected chi connectivity index (χ2v) is 10.6. The van der Waals surface area contributed by atoms with Crippen LogP contribution in [0.5, 0.6) is 0 Å². The number of nitrogens with one attached hydrogen (secondary N) is 1. The lowest BCUT2D eigenvalue weighted by atomic mass is 9.67. The van der Waals surface area contributed by atoms with Gasteiger partial charge in [-0.2, -0.15) is 0 Å². The van der Waals surface area contributed by atoms with Gasteiger partial charge in [-0.1, -0.05) is 38.5 Å². The van der Waals surface area contributed by atoms with Crippen LogP contribution in [-0.2, 0) is 23.9 Å². The van der Waals surface area contributed by atoms with Crippen molar-refractivity contribution >= 4 is 17.8 Å². The first-order valence-corrected chi connectivity index (χ1v) is 12.9. The minimum atomic E-state index is -1.26. The molecule has 0 aromatic heterocycles. The molecule has 1 aliphatic carbocycles. The Bertz CT molecular complexity index is 836. The largest absolute Gasteiger partial charge is 0.457 e. The van der Waals surface area contributed by atoms with E-state index < -0.39 is 29.8 Å². The van der Waals surface area contributed by atoms with Gasteiger partial charge >= 0.3 is 5.97 Å². The molecule has 8 nitrogen and oxygen atoms in total. The van der Waals surface area contributed by atoms with E-state index in [-0.39, 0.29) is 35.5 Å². The van der Waals surface area contributed by atoms with Crippen LogP contribution in [0.1, 0.15) is 72.1 Å². The molecule has 8 heteroatoms. The SMILES string of the molecule is CO[C@H]1/C=C/CCCC2C(=O)OC(/C(C)=C\[C@@H](C)[C@@H]1O)[C@H](C)C2(O)CCCC1CC(=O)NC(=O)C1. The number of carbonyl (C=O) groups is 3. The number of aliphatic hydroxyl groups excluding tert-OH is 1. The Balaban J connectivity index is 1.83. The van der Waals surface area contributed by atoms with Crippen molar-refractivity contribution in [3.8, 4) is 0 Å². The van der Waals surface area contributed by atoms with Gasteiger partial charge in [-0.15, -0.1) is 0 Å². The maximum atomic E-state index is 13.2. The van der Waals surface area contributed by atoms with Crippen LogP contribution in [0.4, 0.5) is 0 Å². The first-order chi connectivity index (χ1) is 16.6. The van der Waals surface area contributed by atoms with E-state index in [0.717, 1.165) is 5.57 Å². The second-order valence-electron chi connectivity index (χ2n) is 10.6. The second kappa shape index (κ2) is 11.8. The number of piperidine rings is 1. The molecule has 3 N–H and O–H groups in total. The van der Waals surface area contributed by atoms with Crippen molar-refractivity contribution in [2.24, 2.45) is 23.7 Å². The number of carbonyl (C=O) groups excluding carboxylic acids is 3. The van der Waals surface area contributed by atoms with Gasteiger partial charge in [0.25, 0.3) is 0 Å². The third-order valence-electron chi connectivity index (χ3n) is 8.10. The summed E-state index contributed by atoms with van der Waals surface area (Å²) in [6, 6.07) is 0. The molecular weight excluding hydrogens is 450 g/mol. The van der Waals surface area contributed by atoms with Gasteiger partial charge in [0.1, 0.15) is 12.2 Å². The molecule has 4 aliphatic rings. The summed E-state index contributed by atoms with van der Waals surface area (Å²) >= 11 is 0. The van der Waals surface area contributed by atoms with E-state index in [1.54, 1.807) is 7.11 Å². The van der Waals surface area contributed by atoms with E-state index in [2.05, 4.69) is 5.32 Å². The quantitative estimate of drug-likeness (QED) is 0.307. The highest BCUT2D eigenvalue weighted by Gasteiger charge is 2.53. The third-order valence-corrected chi connectivity index (χ3v) is 8.10. The van der Waals surface area contributed by atoms with Gasteiger partial charge in [0.2, 0.25) is 11.8 Å². The van der Waals surface area contributed by atoms with Crippen molar-refractivity contribution in [2.45, 2.75) is 96.1 Å². The first kappa shape index (κ1) is 27.6. The highest BCUT2D eigenvalue weighted by Crippen LogP contribution is 2.44. The van der Waals surface area contributed by atoms with Gasteiger partial charge in [0, 0.05) is 31.8 Å². The minimum Gasteiger partial charge on any atom is -0.457 e. The Labute approximate surface area is 208 Å². The van der Waals surface area contributed by atoms with Crippen molar-refractivity contribution in [1.82, 2.24) is 5.32 Å². The Hall–Kier alpha value is -2.03. The van der Waals surface area contributed by atoms with Crippen LogP contribution in [0.25, 0.3) is 0 Å². The van der Waals surface area contributed by atoms with Crippen molar-refractivity contribution < 1.29 is 34.1 Å². The molecule has 0 aromatic rings. The lowest BCUT2D eigenvalue weighted by molar-refractivity contribution is -0.199. The van der Waals surface area contributed by atoms with Crippen LogP contribution in [0.15, 0.2) is 23.8 Å². The number of hydrogen-bond donors (Lipinski definition) is 3. The Morgan fingerprint density at radius 2 is 1.89 bits per heavy atom. The highest BCUT2D eigenvalue weighted by molar-refractivity contribution is 5.97. The van der Waals surface area contributed by atoms with Crippen LogP contribution in [0.2, 0.25) is 0 Å². The number of aliphatic hydroxyl groups is 2. The monoisotopic (exact) mass is 491 g/mol. The summed E-state index contributed by atoms with van der Waals surface area (Å²) in [5.41, 5.74) is -0.472. The zero-order valence-corrected chi connectivity index (χ0v) is 21.4. The lowest BCUT2D eigenvalue weighted by Crippen LogP contribution is -2.58. The Morgan fingerprint density at radius 1 is 1.20 bits per heavy atom. The molecule has 7 atom stereocenters. The third kappa shape index (κ3) is 6.40. The summed E-state index contributed by atoms with van der Waals surface area (Å²) in [6.07, 6.45) is 8.05. The summed E-state index contributed by atoms with van der Waals surface area (Å²) in [7, 11) is 1.58. The fourth-order valence-corrected chi connectivity index (χ4v) is 5.99. The standard InChI is InChI=1S/C27H41NO7/c1-16-13-17(2)25-18(3)27(33,12-8-9-19-14-22(29)28-23(30)15-19)20(26(32)35-25)10-6-5-7-11-21(34-4)24(16)31/h7,11,13,16,18-21,24-25,31,33H,5-6,8-10,12,14-15H2,1-4H3,(H,28,29,30)/b11-7+,17-13-/t16-,18+,20?,21+,24+,25?,27?/m1/s1. The molecule has 35 heavy (non-hydrogen) atoms. The van der Waals surface area contributed by atoms with E-state index in [1.807, 2.05) is 39.0 Å². The van der Waals surface area contributed by atoms with Crippen LogP contribution >= 0.6 is 0 Å². The fraction of sp³-hybridized carbons (Fsp3) is 0.741. The molecule has 2 bridgehead atoms. The van der Waals surface area contributed by atoms with Crippen LogP contribution in [0.3, 0.4) is 0 Å². The van der Waals surface area contributed by atoms with E-state index in [0.29, 0.717) is 51.4 Å². The van der Waals surface area contributed by atoms with Gasteiger partial charge in [0.05, 0.1) is 17.6 Å². The number of allylic oxidation sites excluding steroid dienone is 1. The molecule has 2 amide bonds. The van der Waals surface area contributed by atoms with Gasteiger partial charge in [0.15, 0.2) is 0 Å². The summed E-state index contributed by atoms with van der Waals surface area (Å²) in [5, 5.41) is 25.1. The van der Waals surface area contributed by atoms with E-state index in [1.165, 1.54) is 0 Å². The van der Waals surface area contributed by atoms with E-state index >= 15 is 0 Å². The maximum absolute atomic E-state index is 13.2. The topological polar surface area (TPSA) is 122 Å². The van der Waals surface area contributed by atoms with Crippen LogP contribution < -0.4 is 5.32 Å². The Kier molecular flexibility index (Phi) is 9.29. The molecule has 196 valence electrons. The van der Waals surface area contributed by atoms with Crippen molar-refractivity contribution in [3.05, 3.63) is 23.8 Å². The van der Waals surface area contributed by atoms with Crippen molar-refractivity contribution in [3.63, 3.8) is 0 Å². The maximum Gasteiger partial charge on any atom is 0.312 e. The average molecular weight is 492 g/mol. The number of fused-ring (bicyclic) bond motifs is 9. The zero-order valence-electron chi connectivity index (χ0n) is 21.4. The van der Waals surface area contributed by atoms with Crippen LogP contribution in [0, 0.1) is 23.7 Å². The molecule has 3 unspecified atom stereocenters. The molecule has 0 aromatic carbocycles. The normalized spacial score (nSPS) is 39.8. The van der Waals surface area contributed by atoms with Crippen molar-refractivity contribution in [2.75, 3.05) is 7.11 Å². The predicted molar refractivity (Wildman–Crippen MR) is 130 cm³/mol. The smallest absolute Gasteiger partial charge is 0.312 e. The molecule has 2 fully saturated rings.